The second kappa shape index (κ2) is 7.44. The van der Waals surface area contributed by atoms with Gasteiger partial charge < -0.3 is 15.0 Å². The third-order valence-corrected chi connectivity index (χ3v) is 6.02. The fourth-order valence-electron chi connectivity index (χ4n) is 3.78. The van der Waals surface area contributed by atoms with Gasteiger partial charge in [-0.2, -0.15) is 0 Å². The summed E-state index contributed by atoms with van der Waals surface area (Å²) < 4.78 is 4.82. The number of hydrogen-bond donors (Lipinski definition) is 2. The molecular formula is C19H24N2O3S. The number of hydrogen-bond acceptors (Lipinski definition) is 4. The Morgan fingerprint density at radius 3 is 2.64 bits per heavy atom. The predicted molar refractivity (Wildman–Crippen MR) is 98.1 cm³/mol. The van der Waals surface area contributed by atoms with E-state index in [0.717, 1.165) is 12.8 Å². The molecule has 134 valence electrons. The van der Waals surface area contributed by atoms with Gasteiger partial charge in [0.05, 0.1) is 18.7 Å². The van der Waals surface area contributed by atoms with Gasteiger partial charge in [-0.25, -0.2) is 4.79 Å². The topological polar surface area (TPSA) is 71.2 Å². The molecule has 1 saturated carbocycles. The molecule has 0 unspecified atom stereocenters. The molecule has 6 heteroatoms. The van der Waals surface area contributed by atoms with Crippen molar-refractivity contribution in [1.82, 2.24) is 10.3 Å². The van der Waals surface area contributed by atoms with Crippen molar-refractivity contribution < 1.29 is 14.3 Å². The van der Waals surface area contributed by atoms with Crippen LogP contribution in [0.5, 0.6) is 0 Å². The van der Waals surface area contributed by atoms with Crippen LogP contribution < -0.4 is 5.32 Å². The zero-order valence-corrected chi connectivity index (χ0v) is 15.7. The number of nitrogens with one attached hydrogen (secondary N) is 2. The minimum atomic E-state index is -0.420. The number of carbonyl (C=O) groups is 2. The molecule has 2 heterocycles. The molecule has 0 spiro atoms. The molecule has 2 N–H and O–H groups in total. The molecule has 3 rings (SSSR count). The molecule has 25 heavy (non-hydrogen) atoms. The number of aromatic nitrogens is 1. The summed E-state index contributed by atoms with van der Waals surface area (Å²) in [5.41, 5.74) is 2.18. The molecule has 1 fully saturated rings. The fraction of sp³-hybridized carbons (Fsp3) is 0.474. The largest absolute Gasteiger partial charge is 0.465 e. The fourth-order valence-corrected chi connectivity index (χ4v) is 4.65. The first-order valence-corrected chi connectivity index (χ1v) is 9.52. The standard InChI is InChI=1S/C19H24N2O3S/c1-11-15(19(23)24-3)12(2)20-16(11)18(22)21-17(13-7-4-5-8-13)14-9-6-10-25-14/h6,9-10,13,17,20H,4-5,7-8H2,1-3H3,(H,21,22)/t17-/m0/s1. The second-order valence-corrected chi connectivity index (χ2v) is 7.61. The van der Waals surface area contributed by atoms with E-state index in [4.69, 9.17) is 4.74 Å². The molecule has 1 aliphatic rings. The van der Waals surface area contributed by atoms with Crippen LogP contribution in [0.25, 0.3) is 0 Å². The lowest BCUT2D eigenvalue weighted by Crippen LogP contribution is -2.32. The molecule has 1 aliphatic carbocycles. The number of aromatic amines is 1. The van der Waals surface area contributed by atoms with E-state index in [9.17, 15) is 9.59 Å². The average Bonchev–Trinajstić information content (AvgIpc) is 3.34. The Bertz CT molecular complexity index is 758. The number of H-pyrrole nitrogens is 1. The Kier molecular flexibility index (Phi) is 5.27. The number of aryl methyl sites for hydroxylation is 1. The van der Waals surface area contributed by atoms with Gasteiger partial charge in [0.2, 0.25) is 0 Å². The van der Waals surface area contributed by atoms with Crippen LogP contribution in [0.1, 0.15) is 68.7 Å². The Balaban J connectivity index is 1.86. The zero-order chi connectivity index (χ0) is 18.0. The first kappa shape index (κ1) is 17.7. The van der Waals surface area contributed by atoms with Gasteiger partial charge >= 0.3 is 5.97 Å². The van der Waals surface area contributed by atoms with E-state index in [1.54, 1.807) is 25.2 Å². The maximum Gasteiger partial charge on any atom is 0.339 e. The molecule has 5 nitrogen and oxygen atoms in total. The lowest BCUT2D eigenvalue weighted by molar-refractivity contribution is 0.0599. The van der Waals surface area contributed by atoms with Crippen LogP contribution in [0.3, 0.4) is 0 Å². The minimum Gasteiger partial charge on any atom is -0.465 e. The molecule has 0 saturated heterocycles. The molecule has 1 atom stereocenters. The number of rotatable bonds is 5. The Morgan fingerprint density at radius 1 is 1.32 bits per heavy atom. The van der Waals surface area contributed by atoms with Gasteiger partial charge in [0.15, 0.2) is 0 Å². The van der Waals surface area contributed by atoms with Crippen molar-refractivity contribution in [2.24, 2.45) is 5.92 Å². The summed E-state index contributed by atoms with van der Waals surface area (Å²) in [6, 6.07) is 4.13. The van der Waals surface area contributed by atoms with E-state index in [2.05, 4.69) is 16.4 Å². The van der Waals surface area contributed by atoms with Crippen molar-refractivity contribution in [2.45, 2.75) is 45.6 Å². The molecule has 1 amide bonds. The molecule has 0 radical (unpaired) electrons. The highest BCUT2D eigenvalue weighted by Crippen LogP contribution is 2.37. The average molecular weight is 360 g/mol. The number of thiophene rings is 1. The summed E-state index contributed by atoms with van der Waals surface area (Å²) in [5, 5.41) is 5.25. The van der Waals surface area contributed by atoms with Gasteiger partial charge in [-0.1, -0.05) is 18.9 Å². The summed E-state index contributed by atoms with van der Waals surface area (Å²) in [5.74, 6) is -0.115. The van der Waals surface area contributed by atoms with Crippen LogP contribution in [0, 0.1) is 19.8 Å². The van der Waals surface area contributed by atoms with Crippen molar-refractivity contribution in [3.63, 3.8) is 0 Å². The number of ether oxygens (including phenoxy) is 1. The van der Waals surface area contributed by atoms with E-state index >= 15 is 0 Å². The Labute approximate surface area is 151 Å². The van der Waals surface area contributed by atoms with Crippen molar-refractivity contribution in [1.29, 1.82) is 0 Å². The summed E-state index contributed by atoms with van der Waals surface area (Å²) in [6.07, 6.45) is 4.71. The molecule has 0 aromatic carbocycles. The predicted octanol–water partition coefficient (Wildman–Crippen LogP) is 4.14. The van der Waals surface area contributed by atoms with Gasteiger partial charge in [0.25, 0.3) is 5.91 Å². The van der Waals surface area contributed by atoms with Gasteiger partial charge in [-0.05, 0) is 49.6 Å². The maximum atomic E-state index is 12.9. The van der Waals surface area contributed by atoms with Crippen molar-refractivity contribution >= 4 is 23.2 Å². The summed E-state index contributed by atoms with van der Waals surface area (Å²) in [7, 11) is 1.35. The van der Waals surface area contributed by atoms with Crippen LogP contribution >= 0.6 is 11.3 Å². The molecule has 0 aliphatic heterocycles. The Morgan fingerprint density at radius 2 is 2.04 bits per heavy atom. The molecule has 0 bridgehead atoms. The summed E-state index contributed by atoms with van der Waals surface area (Å²) in [4.78, 5) is 29.1. The maximum absolute atomic E-state index is 12.9. The number of amides is 1. The third-order valence-electron chi connectivity index (χ3n) is 5.06. The first-order valence-electron chi connectivity index (χ1n) is 8.64. The van der Waals surface area contributed by atoms with Gasteiger partial charge in [-0.3, -0.25) is 4.79 Å². The highest BCUT2D eigenvalue weighted by atomic mass is 32.1. The SMILES string of the molecule is COC(=O)c1c(C)[nH]c(C(=O)N[C@H](c2cccs2)C2CCCC2)c1C. The van der Waals surface area contributed by atoms with E-state index in [-0.39, 0.29) is 11.9 Å². The summed E-state index contributed by atoms with van der Waals surface area (Å²) >= 11 is 1.68. The summed E-state index contributed by atoms with van der Waals surface area (Å²) in [6.45, 7) is 3.56. The van der Waals surface area contributed by atoms with Crippen molar-refractivity contribution in [3.8, 4) is 0 Å². The lowest BCUT2D eigenvalue weighted by atomic mass is 9.96. The lowest BCUT2D eigenvalue weighted by Gasteiger charge is -2.23. The zero-order valence-electron chi connectivity index (χ0n) is 14.8. The first-order chi connectivity index (χ1) is 12.0. The number of esters is 1. The number of methoxy groups -OCH3 is 1. The van der Waals surface area contributed by atoms with Gasteiger partial charge in [-0.15, -0.1) is 11.3 Å². The van der Waals surface area contributed by atoms with Gasteiger partial charge in [0.1, 0.15) is 5.69 Å². The highest BCUT2D eigenvalue weighted by Gasteiger charge is 2.30. The third kappa shape index (κ3) is 3.49. The van der Waals surface area contributed by atoms with Crippen molar-refractivity contribution in [3.05, 3.63) is 44.9 Å². The van der Waals surface area contributed by atoms with Crippen LogP contribution in [0.15, 0.2) is 17.5 Å². The normalized spacial score (nSPS) is 16.0. The second-order valence-electron chi connectivity index (χ2n) is 6.63. The minimum absolute atomic E-state index is 0.0274. The Hall–Kier alpha value is -2.08. The van der Waals surface area contributed by atoms with Crippen LogP contribution in [0.2, 0.25) is 0 Å². The van der Waals surface area contributed by atoms with E-state index in [0.29, 0.717) is 28.4 Å². The van der Waals surface area contributed by atoms with E-state index in [1.165, 1.54) is 24.8 Å². The van der Waals surface area contributed by atoms with E-state index in [1.807, 2.05) is 11.4 Å². The van der Waals surface area contributed by atoms with Crippen LogP contribution in [0.4, 0.5) is 0 Å². The van der Waals surface area contributed by atoms with Crippen LogP contribution in [-0.2, 0) is 4.74 Å². The number of carbonyl (C=O) groups excluding carboxylic acids is 2. The van der Waals surface area contributed by atoms with E-state index < -0.39 is 5.97 Å². The highest BCUT2D eigenvalue weighted by molar-refractivity contribution is 7.10. The molecule has 2 aromatic rings. The molecular weight excluding hydrogens is 336 g/mol. The molecule has 2 aromatic heterocycles. The monoisotopic (exact) mass is 360 g/mol. The quantitative estimate of drug-likeness (QED) is 0.787. The smallest absolute Gasteiger partial charge is 0.339 e. The van der Waals surface area contributed by atoms with Crippen LogP contribution in [-0.4, -0.2) is 24.0 Å². The van der Waals surface area contributed by atoms with Gasteiger partial charge in [0, 0.05) is 10.6 Å². The van der Waals surface area contributed by atoms with Crippen molar-refractivity contribution in [2.75, 3.05) is 7.11 Å².